The molecule has 0 N–H and O–H groups in total. The third kappa shape index (κ3) is 1.65. The van der Waals surface area contributed by atoms with Gasteiger partial charge in [-0.2, -0.15) is 0 Å². The highest BCUT2D eigenvalue weighted by molar-refractivity contribution is 6.13. The van der Waals surface area contributed by atoms with Crippen molar-refractivity contribution in [3.8, 4) is 11.1 Å². The van der Waals surface area contributed by atoms with Crippen LogP contribution in [0.5, 0.6) is 0 Å². The van der Waals surface area contributed by atoms with Gasteiger partial charge in [-0.25, -0.2) is 0 Å². The molecule has 0 saturated heterocycles. The number of rotatable bonds is 1. The van der Waals surface area contributed by atoms with Crippen molar-refractivity contribution in [3.63, 3.8) is 0 Å². The number of fused-ring (bicyclic) bond motifs is 3. The maximum atomic E-state index is 3.05. The molecule has 0 aromatic heterocycles. The van der Waals surface area contributed by atoms with Crippen LogP contribution < -0.4 is 0 Å². The minimum atomic E-state index is 1.19. The lowest BCUT2D eigenvalue weighted by Crippen LogP contribution is -1.83. The summed E-state index contributed by atoms with van der Waals surface area (Å²) in [6, 6.07) is 31.4. The Kier molecular flexibility index (Phi) is 2.44. The average molecular weight is 252 g/mol. The van der Waals surface area contributed by atoms with E-state index in [9.17, 15) is 0 Å². The highest BCUT2D eigenvalue weighted by Gasteiger charge is 2.07. The highest BCUT2D eigenvalue weighted by Crippen LogP contribution is 2.34. The van der Waals surface area contributed by atoms with Crippen molar-refractivity contribution in [2.24, 2.45) is 0 Å². The van der Waals surface area contributed by atoms with Crippen LogP contribution in [-0.2, 0) is 0 Å². The van der Waals surface area contributed by atoms with E-state index in [0.717, 1.165) is 0 Å². The Morgan fingerprint density at radius 3 is 2.20 bits per heavy atom. The van der Waals surface area contributed by atoms with Gasteiger partial charge in [0.25, 0.3) is 0 Å². The predicted octanol–water partition coefficient (Wildman–Crippen LogP) is 5.26. The molecule has 0 aliphatic heterocycles. The second-order valence-electron chi connectivity index (χ2n) is 4.91. The molecule has 0 aliphatic rings. The topological polar surface area (TPSA) is 0 Å². The summed E-state index contributed by atoms with van der Waals surface area (Å²) in [6.45, 7) is 0. The van der Waals surface area contributed by atoms with Crippen molar-refractivity contribution < 1.29 is 0 Å². The van der Waals surface area contributed by atoms with Gasteiger partial charge in [0, 0.05) is 0 Å². The van der Waals surface area contributed by atoms with Gasteiger partial charge < -0.3 is 0 Å². The quantitative estimate of drug-likeness (QED) is 0.405. The molecule has 0 spiro atoms. The van der Waals surface area contributed by atoms with E-state index < -0.39 is 0 Å². The van der Waals surface area contributed by atoms with E-state index in [2.05, 4.69) is 72.8 Å². The molecule has 0 amide bonds. The molecule has 0 saturated carbocycles. The summed E-state index contributed by atoms with van der Waals surface area (Å²) < 4.78 is 0. The van der Waals surface area contributed by atoms with E-state index in [0.29, 0.717) is 0 Å². The molecule has 0 aliphatic carbocycles. The van der Waals surface area contributed by atoms with Crippen LogP contribution in [-0.4, -0.2) is 0 Å². The van der Waals surface area contributed by atoms with Crippen LogP contribution >= 0.6 is 0 Å². The van der Waals surface area contributed by atoms with Crippen molar-refractivity contribution in [1.82, 2.24) is 0 Å². The lowest BCUT2D eigenvalue weighted by Gasteiger charge is -2.10. The summed E-state index contributed by atoms with van der Waals surface area (Å²) in [5.74, 6) is 0. The van der Waals surface area contributed by atoms with E-state index >= 15 is 0 Å². The first kappa shape index (κ1) is 11.1. The lowest BCUT2D eigenvalue weighted by atomic mass is 9.94. The minimum Gasteiger partial charge on any atom is -0.0702 e. The van der Waals surface area contributed by atoms with Gasteiger partial charge in [-0.15, -0.1) is 0 Å². The molecule has 0 bridgehead atoms. The molecule has 0 fully saturated rings. The molecule has 0 unspecified atom stereocenters. The molecule has 92 valence electrons. The van der Waals surface area contributed by atoms with Crippen LogP contribution in [0.4, 0.5) is 0 Å². The average Bonchev–Trinajstić information content (AvgIpc) is 2.55. The largest absolute Gasteiger partial charge is 0.0702 e. The molecular weight excluding hydrogens is 240 g/mol. The van der Waals surface area contributed by atoms with Crippen LogP contribution in [0, 0.1) is 12.1 Å². The molecule has 4 rings (SSSR count). The summed E-state index contributed by atoms with van der Waals surface area (Å²) in [5.41, 5.74) is 2.44. The van der Waals surface area contributed by atoms with E-state index in [1.54, 1.807) is 0 Å². The van der Waals surface area contributed by atoms with Crippen molar-refractivity contribution >= 4 is 21.5 Å². The van der Waals surface area contributed by atoms with Crippen LogP contribution in [0.2, 0.25) is 0 Å². The molecule has 0 nitrogen and oxygen atoms in total. The van der Waals surface area contributed by atoms with E-state index in [-0.39, 0.29) is 0 Å². The minimum absolute atomic E-state index is 1.19. The van der Waals surface area contributed by atoms with E-state index in [1.807, 2.05) is 12.1 Å². The van der Waals surface area contributed by atoms with Crippen molar-refractivity contribution in [3.05, 3.63) is 84.9 Å². The number of hydrogen-bond donors (Lipinski definition) is 0. The standard InChI is InChI=1S/C20H12/c1-2-8-15(9-3-1)20-14-16-10-4-5-11-17(16)18-12-6-7-13-19(18)20/h2,4-14H. The SMILES string of the molecule is c1ccc(-c2cc3ccccc3c3ccccc23)cc#1. The van der Waals surface area contributed by atoms with E-state index in [4.69, 9.17) is 0 Å². The third-order valence-corrected chi connectivity index (χ3v) is 3.74. The lowest BCUT2D eigenvalue weighted by molar-refractivity contribution is 1.68. The molecular formula is C20H12. The molecule has 0 radical (unpaired) electrons. The van der Waals surface area contributed by atoms with Gasteiger partial charge in [-0.05, 0) is 56.9 Å². The molecule has 0 heteroatoms. The Bertz CT molecular complexity index is 889. The third-order valence-electron chi connectivity index (χ3n) is 3.74. The fraction of sp³-hybridized carbons (Fsp3) is 0. The smallest absolute Gasteiger partial charge is 0.00363 e. The van der Waals surface area contributed by atoms with Crippen molar-refractivity contribution in [2.75, 3.05) is 0 Å². The summed E-state index contributed by atoms with van der Waals surface area (Å²) >= 11 is 0. The monoisotopic (exact) mass is 252 g/mol. The zero-order valence-electron chi connectivity index (χ0n) is 10.9. The van der Waals surface area contributed by atoms with E-state index in [1.165, 1.54) is 32.7 Å². The van der Waals surface area contributed by atoms with Gasteiger partial charge in [0.05, 0.1) is 0 Å². The summed E-state index contributed by atoms with van der Waals surface area (Å²) in [5, 5.41) is 5.16. The first-order valence-electron chi connectivity index (χ1n) is 6.72. The highest BCUT2D eigenvalue weighted by atomic mass is 14.1. The fourth-order valence-electron chi connectivity index (χ4n) is 2.81. The van der Waals surface area contributed by atoms with Gasteiger partial charge in [0.1, 0.15) is 0 Å². The molecule has 4 aromatic carbocycles. The van der Waals surface area contributed by atoms with Gasteiger partial charge in [0.2, 0.25) is 0 Å². The Labute approximate surface area is 118 Å². The Balaban J connectivity index is 2.19. The second kappa shape index (κ2) is 4.40. The van der Waals surface area contributed by atoms with Gasteiger partial charge in [0.15, 0.2) is 0 Å². The first-order chi connectivity index (χ1) is 9.93. The normalized spacial score (nSPS) is 10.6. The Morgan fingerprint density at radius 2 is 1.40 bits per heavy atom. The van der Waals surface area contributed by atoms with Crippen LogP contribution in [0.3, 0.4) is 0 Å². The van der Waals surface area contributed by atoms with Gasteiger partial charge in [-0.3, -0.25) is 0 Å². The van der Waals surface area contributed by atoms with Crippen molar-refractivity contribution in [1.29, 1.82) is 0 Å². The Morgan fingerprint density at radius 1 is 0.650 bits per heavy atom. The predicted molar refractivity (Wildman–Crippen MR) is 84.6 cm³/mol. The molecule has 4 aromatic rings. The van der Waals surface area contributed by atoms with Crippen LogP contribution in [0.15, 0.2) is 72.8 Å². The second-order valence-corrected chi connectivity index (χ2v) is 4.91. The van der Waals surface area contributed by atoms with Crippen LogP contribution in [0.1, 0.15) is 0 Å². The zero-order chi connectivity index (χ0) is 13.4. The summed E-state index contributed by atoms with van der Waals surface area (Å²) in [4.78, 5) is 0. The molecule has 20 heavy (non-hydrogen) atoms. The van der Waals surface area contributed by atoms with Gasteiger partial charge >= 0.3 is 0 Å². The Hall–Kier alpha value is -2.78. The summed E-state index contributed by atoms with van der Waals surface area (Å²) in [7, 11) is 0. The maximum Gasteiger partial charge on any atom is -0.00363 e. The fourth-order valence-corrected chi connectivity index (χ4v) is 2.81. The zero-order valence-corrected chi connectivity index (χ0v) is 10.9. The molecule has 0 atom stereocenters. The van der Waals surface area contributed by atoms with Gasteiger partial charge in [-0.1, -0.05) is 60.7 Å². The number of benzene rings is 3. The maximum absolute atomic E-state index is 3.05. The molecule has 0 heterocycles. The van der Waals surface area contributed by atoms with Crippen LogP contribution in [0.25, 0.3) is 32.7 Å². The van der Waals surface area contributed by atoms with Crippen molar-refractivity contribution in [2.45, 2.75) is 0 Å². The number of hydrogen-bond acceptors (Lipinski definition) is 0. The first-order valence-corrected chi connectivity index (χ1v) is 6.72. The summed E-state index contributed by atoms with van der Waals surface area (Å²) in [6.07, 6.45) is 0.